The summed E-state index contributed by atoms with van der Waals surface area (Å²) in [5, 5.41) is 1.03. The van der Waals surface area contributed by atoms with Crippen LogP contribution in [0.3, 0.4) is 0 Å². The monoisotopic (exact) mass is 421 g/mol. The topological polar surface area (TPSA) is 49.0 Å². The normalized spacial score (nSPS) is 16.4. The van der Waals surface area contributed by atoms with Gasteiger partial charge in [-0.15, -0.1) is 0 Å². The third-order valence-electron chi connectivity index (χ3n) is 5.71. The molecule has 0 unspecified atom stereocenters. The Bertz CT molecular complexity index is 1260. The Labute approximate surface area is 176 Å². The number of hydrogen-bond donors (Lipinski definition) is 1. The van der Waals surface area contributed by atoms with Crippen LogP contribution in [0.4, 0.5) is 13.2 Å². The zero-order chi connectivity index (χ0) is 21.6. The Morgan fingerprint density at radius 3 is 2.61 bits per heavy atom. The predicted octanol–water partition coefficient (Wildman–Crippen LogP) is 5.37. The molecule has 1 aliphatic heterocycles. The smallest absolute Gasteiger partial charge is 0.356 e. The molecule has 0 bridgehead atoms. The quantitative estimate of drug-likeness (QED) is 0.473. The van der Waals surface area contributed by atoms with Gasteiger partial charge in [0.05, 0.1) is 11.6 Å². The van der Waals surface area contributed by atoms with E-state index in [0.717, 1.165) is 34.3 Å². The number of aromatic amines is 1. The zero-order valence-corrected chi connectivity index (χ0v) is 16.4. The summed E-state index contributed by atoms with van der Waals surface area (Å²) in [5.41, 5.74) is 2.61. The fraction of sp³-hybridized carbons (Fsp3) is 0.167. The average Bonchev–Trinajstić information content (AvgIpc) is 3.17. The SMILES string of the molecule is O=C(c1ccccn1)N1CCc2c([nH]c3ccccc23)[C@H]1c1cccc(C(F)(F)F)c1. The molecule has 31 heavy (non-hydrogen) atoms. The van der Waals surface area contributed by atoms with Crippen LogP contribution >= 0.6 is 0 Å². The molecule has 2 aromatic heterocycles. The molecule has 7 heteroatoms. The van der Waals surface area contributed by atoms with Gasteiger partial charge in [0.2, 0.25) is 0 Å². The minimum Gasteiger partial charge on any atom is -0.356 e. The number of fused-ring (bicyclic) bond motifs is 3. The molecule has 1 atom stereocenters. The van der Waals surface area contributed by atoms with Gasteiger partial charge in [0.1, 0.15) is 5.69 Å². The van der Waals surface area contributed by atoms with Gasteiger partial charge in [0.25, 0.3) is 5.91 Å². The molecule has 1 aliphatic rings. The van der Waals surface area contributed by atoms with Crippen molar-refractivity contribution in [3.8, 4) is 0 Å². The number of alkyl halides is 3. The summed E-state index contributed by atoms with van der Waals surface area (Å²) < 4.78 is 40.3. The van der Waals surface area contributed by atoms with Gasteiger partial charge in [-0.05, 0) is 47.9 Å². The lowest BCUT2D eigenvalue weighted by molar-refractivity contribution is -0.137. The van der Waals surface area contributed by atoms with E-state index in [9.17, 15) is 18.0 Å². The summed E-state index contributed by atoms with van der Waals surface area (Å²) in [6, 6.07) is 17.3. The van der Waals surface area contributed by atoms with E-state index < -0.39 is 17.8 Å². The third-order valence-corrected chi connectivity index (χ3v) is 5.71. The molecule has 4 aromatic rings. The molecule has 1 N–H and O–H groups in total. The second kappa shape index (κ2) is 7.27. The van der Waals surface area contributed by atoms with E-state index in [0.29, 0.717) is 18.5 Å². The maximum Gasteiger partial charge on any atom is 0.416 e. The largest absolute Gasteiger partial charge is 0.416 e. The number of halogens is 3. The maximum atomic E-state index is 13.4. The highest BCUT2D eigenvalue weighted by Crippen LogP contribution is 2.40. The maximum absolute atomic E-state index is 13.4. The van der Waals surface area contributed by atoms with Gasteiger partial charge in [-0.1, -0.05) is 36.4 Å². The van der Waals surface area contributed by atoms with Gasteiger partial charge in [0, 0.05) is 29.3 Å². The number of amides is 1. The minimum absolute atomic E-state index is 0.263. The van der Waals surface area contributed by atoms with Gasteiger partial charge >= 0.3 is 6.18 Å². The molecule has 0 saturated heterocycles. The number of aromatic nitrogens is 2. The summed E-state index contributed by atoms with van der Waals surface area (Å²) in [5.74, 6) is -0.313. The van der Waals surface area contributed by atoms with Gasteiger partial charge in [-0.3, -0.25) is 9.78 Å². The molecule has 0 saturated carbocycles. The number of pyridine rings is 1. The van der Waals surface area contributed by atoms with Gasteiger partial charge in [-0.2, -0.15) is 13.2 Å². The molecule has 0 fully saturated rings. The van der Waals surface area contributed by atoms with Crippen LogP contribution in [0, 0.1) is 0 Å². The van der Waals surface area contributed by atoms with Crippen molar-refractivity contribution in [3.05, 3.63) is 101 Å². The molecule has 3 heterocycles. The molecular formula is C24H18F3N3O. The lowest BCUT2D eigenvalue weighted by atomic mass is 9.91. The molecule has 5 rings (SSSR count). The van der Waals surface area contributed by atoms with Crippen LogP contribution in [0.2, 0.25) is 0 Å². The number of carbonyl (C=O) groups is 1. The Hall–Kier alpha value is -3.61. The molecule has 0 radical (unpaired) electrons. The van der Waals surface area contributed by atoms with Crippen LogP contribution in [0.5, 0.6) is 0 Å². The van der Waals surface area contributed by atoms with E-state index in [4.69, 9.17) is 0 Å². The van der Waals surface area contributed by atoms with Crippen LogP contribution in [-0.4, -0.2) is 27.3 Å². The van der Waals surface area contributed by atoms with Crippen molar-refractivity contribution in [3.63, 3.8) is 0 Å². The summed E-state index contributed by atoms with van der Waals surface area (Å²) in [7, 11) is 0. The second-order valence-corrected chi connectivity index (χ2v) is 7.55. The van der Waals surface area contributed by atoms with Crippen molar-refractivity contribution in [1.82, 2.24) is 14.9 Å². The summed E-state index contributed by atoms with van der Waals surface area (Å²) in [6.45, 7) is 0.380. The van der Waals surface area contributed by atoms with Crippen LogP contribution in [0.25, 0.3) is 10.9 Å². The van der Waals surface area contributed by atoms with Crippen LogP contribution in [0.1, 0.15) is 38.9 Å². The van der Waals surface area contributed by atoms with Crippen LogP contribution in [0.15, 0.2) is 72.9 Å². The number of rotatable bonds is 2. The fourth-order valence-corrected chi connectivity index (χ4v) is 4.33. The van der Waals surface area contributed by atoms with Crippen molar-refractivity contribution in [2.24, 2.45) is 0 Å². The molecular weight excluding hydrogens is 403 g/mol. The first-order chi connectivity index (χ1) is 14.9. The highest BCUT2D eigenvalue weighted by atomic mass is 19.4. The number of carbonyl (C=O) groups excluding carboxylic acids is 1. The third kappa shape index (κ3) is 3.36. The predicted molar refractivity (Wildman–Crippen MR) is 111 cm³/mol. The number of hydrogen-bond acceptors (Lipinski definition) is 2. The van der Waals surface area contributed by atoms with Crippen LogP contribution < -0.4 is 0 Å². The Morgan fingerprint density at radius 1 is 1.03 bits per heavy atom. The Balaban J connectivity index is 1.69. The van der Waals surface area contributed by atoms with Crippen molar-refractivity contribution in [1.29, 1.82) is 0 Å². The Morgan fingerprint density at radius 2 is 1.84 bits per heavy atom. The fourth-order valence-electron chi connectivity index (χ4n) is 4.33. The first-order valence-corrected chi connectivity index (χ1v) is 9.92. The minimum atomic E-state index is -4.47. The van der Waals surface area contributed by atoms with Crippen molar-refractivity contribution in [2.45, 2.75) is 18.6 Å². The number of benzene rings is 2. The molecule has 0 aliphatic carbocycles. The van der Waals surface area contributed by atoms with Crippen molar-refractivity contribution < 1.29 is 18.0 Å². The lowest BCUT2D eigenvalue weighted by Crippen LogP contribution is -2.41. The van der Waals surface area contributed by atoms with E-state index in [2.05, 4.69) is 9.97 Å². The first-order valence-electron chi connectivity index (χ1n) is 9.92. The molecule has 1 amide bonds. The summed E-state index contributed by atoms with van der Waals surface area (Å²) >= 11 is 0. The van der Waals surface area contributed by atoms with Gasteiger partial charge in [0.15, 0.2) is 0 Å². The second-order valence-electron chi connectivity index (χ2n) is 7.55. The molecule has 0 spiro atoms. The lowest BCUT2D eigenvalue weighted by Gasteiger charge is -2.36. The van der Waals surface area contributed by atoms with Crippen molar-refractivity contribution >= 4 is 16.8 Å². The van der Waals surface area contributed by atoms with E-state index in [1.165, 1.54) is 12.3 Å². The van der Waals surface area contributed by atoms with Gasteiger partial charge in [-0.25, -0.2) is 0 Å². The average molecular weight is 421 g/mol. The van der Waals surface area contributed by atoms with E-state index >= 15 is 0 Å². The number of H-pyrrole nitrogens is 1. The number of nitrogens with one attached hydrogen (secondary N) is 1. The summed E-state index contributed by atoms with van der Waals surface area (Å²) in [6.07, 6.45) is -2.33. The zero-order valence-electron chi connectivity index (χ0n) is 16.4. The van der Waals surface area contributed by atoms with Crippen LogP contribution in [-0.2, 0) is 12.6 Å². The Kier molecular flexibility index (Phi) is 4.54. The van der Waals surface area contributed by atoms with E-state index in [-0.39, 0.29) is 11.6 Å². The van der Waals surface area contributed by atoms with E-state index in [1.54, 1.807) is 29.2 Å². The van der Waals surface area contributed by atoms with E-state index in [1.807, 2.05) is 24.3 Å². The summed E-state index contributed by atoms with van der Waals surface area (Å²) in [4.78, 5) is 22.4. The van der Waals surface area contributed by atoms with Gasteiger partial charge < -0.3 is 9.88 Å². The highest BCUT2D eigenvalue weighted by Gasteiger charge is 2.37. The molecule has 156 valence electrons. The number of para-hydroxylation sites is 1. The first kappa shape index (κ1) is 19.4. The standard InChI is InChI=1S/C24H18F3N3O/c25-24(26,27)16-7-5-6-15(14-16)22-21-18(17-8-1-2-9-19(17)29-21)11-13-30(22)23(31)20-10-3-4-12-28-20/h1-10,12,14,22,29H,11,13H2/t22-/m1/s1. The molecule has 4 nitrogen and oxygen atoms in total. The molecule has 2 aromatic carbocycles. The number of nitrogens with zero attached hydrogens (tertiary/aromatic N) is 2. The van der Waals surface area contributed by atoms with Crippen molar-refractivity contribution in [2.75, 3.05) is 6.54 Å². The highest BCUT2D eigenvalue weighted by molar-refractivity contribution is 5.94.